The molecule has 0 spiro atoms. The van der Waals surface area contributed by atoms with E-state index in [1.165, 1.54) is 40.7 Å². The summed E-state index contributed by atoms with van der Waals surface area (Å²) in [7, 11) is -4.05. The van der Waals surface area contributed by atoms with E-state index < -0.39 is 38.4 Å². The Labute approximate surface area is 173 Å². The van der Waals surface area contributed by atoms with Gasteiger partial charge < -0.3 is 5.32 Å². The van der Waals surface area contributed by atoms with Gasteiger partial charge in [0, 0.05) is 32.2 Å². The number of carbonyl (C=O) groups excluding carboxylic acids is 1. The van der Waals surface area contributed by atoms with Gasteiger partial charge >= 0.3 is 0 Å². The quantitative estimate of drug-likeness (QED) is 0.548. The zero-order valence-electron chi connectivity index (χ0n) is 16.2. The smallest absolute Gasteiger partial charge is 0.289 e. The summed E-state index contributed by atoms with van der Waals surface area (Å²) in [6.07, 6.45) is 0. The van der Waals surface area contributed by atoms with Crippen molar-refractivity contribution in [1.82, 2.24) is 9.21 Å². The third kappa shape index (κ3) is 4.48. The van der Waals surface area contributed by atoms with Crippen molar-refractivity contribution in [3.05, 3.63) is 64.5 Å². The number of nitro groups is 1. The molecular weight excluding hydrogens is 415 g/mol. The van der Waals surface area contributed by atoms with Crippen molar-refractivity contribution in [2.45, 2.75) is 17.9 Å². The second kappa shape index (κ2) is 8.86. The third-order valence-electron chi connectivity index (χ3n) is 5.01. The summed E-state index contributed by atoms with van der Waals surface area (Å²) in [6.45, 7) is 2.32. The van der Waals surface area contributed by atoms with Crippen LogP contribution in [0.25, 0.3) is 0 Å². The van der Waals surface area contributed by atoms with Crippen molar-refractivity contribution >= 4 is 27.3 Å². The molecule has 11 heteroatoms. The fraction of sp³-hybridized carbons (Fsp3) is 0.316. The zero-order valence-corrected chi connectivity index (χ0v) is 17.0. The highest BCUT2D eigenvalue weighted by Gasteiger charge is 2.35. The minimum atomic E-state index is -4.05. The second-order valence-corrected chi connectivity index (χ2v) is 8.72. The molecule has 0 aromatic heterocycles. The summed E-state index contributed by atoms with van der Waals surface area (Å²) in [6, 6.07) is 10.4. The normalized spacial score (nSPS) is 16.7. The van der Waals surface area contributed by atoms with Gasteiger partial charge in [-0.3, -0.25) is 19.8 Å². The molecular formula is C19H21FN4O5S. The molecule has 2 aromatic carbocycles. The van der Waals surface area contributed by atoms with Gasteiger partial charge in [-0.05, 0) is 25.1 Å². The number of para-hydroxylation sites is 2. The van der Waals surface area contributed by atoms with E-state index in [4.69, 9.17) is 0 Å². The highest BCUT2D eigenvalue weighted by molar-refractivity contribution is 7.89. The number of sulfonamides is 1. The van der Waals surface area contributed by atoms with Crippen molar-refractivity contribution in [2.24, 2.45) is 0 Å². The van der Waals surface area contributed by atoms with E-state index in [-0.39, 0.29) is 36.8 Å². The van der Waals surface area contributed by atoms with Crippen LogP contribution in [0.4, 0.5) is 15.8 Å². The summed E-state index contributed by atoms with van der Waals surface area (Å²) >= 11 is 0. The zero-order chi connectivity index (χ0) is 21.9. The number of carbonyl (C=O) groups is 1. The van der Waals surface area contributed by atoms with Crippen LogP contribution < -0.4 is 5.32 Å². The third-order valence-corrected chi connectivity index (χ3v) is 6.96. The van der Waals surface area contributed by atoms with Gasteiger partial charge in [0.05, 0.1) is 16.7 Å². The maximum atomic E-state index is 13.7. The van der Waals surface area contributed by atoms with Crippen molar-refractivity contribution < 1.29 is 22.5 Å². The highest BCUT2D eigenvalue weighted by atomic mass is 32.2. The van der Waals surface area contributed by atoms with Gasteiger partial charge in [0.1, 0.15) is 5.82 Å². The molecule has 0 radical (unpaired) electrons. The summed E-state index contributed by atoms with van der Waals surface area (Å²) in [5.74, 6) is -0.950. The number of amides is 1. The molecule has 1 amide bonds. The standard InChI is InChI=1S/C19H21FN4O5S/c1-14(19(25)21-16-7-3-2-6-15(16)20)22-10-12-23(13-11-22)30(28,29)18-9-5-4-8-17(18)24(26)27/h2-9,14H,10-13H2,1H3,(H,21,25). The molecule has 2 aromatic rings. The molecule has 1 saturated heterocycles. The summed E-state index contributed by atoms with van der Waals surface area (Å²) in [5, 5.41) is 13.7. The molecule has 1 aliphatic heterocycles. The van der Waals surface area contributed by atoms with Gasteiger partial charge in [-0.25, -0.2) is 12.8 Å². The Balaban J connectivity index is 1.66. The average Bonchev–Trinajstić information content (AvgIpc) is 2.74. The molecule has 0 aliphatic carbocycles. The minimum absolute atomic E-state index is 0.0751. The van der Waals surface area contributed by atoms with Gasteiger partial charge in [0.15, 0.2) is 4.90 Å². The van der Waals surface area contributed by atoms with Crippen LogP contribution >= 0.6 is 0 Å². The SMILES string of the molecule is CC(C(=O)Nc1ccccc1F)N1CCN(S(=O)(=O)c2ccccc2[N+](=O)[O-])CC1. The molecule has 0 bridgehead atoms. The number of rotatable bonds is 6. The number of hydrogen-bond acceptors (Lipinski definition) is 6. The first-order chi connectivity index (χ1) is 14.2. The van der Waals surface area contributed by atoms with Gasteiger partial charge in [-0.2, -0.15) is 4.31 Å². The fourth-order valence-corrected chi connectivity index (χ4v) is 4.84. The fourth-order valence-electron chi connectivity index (χ4n) is 3.26. The maximum absolute atomic E-state index is 13.7. The number of nitrogens with zero attached hydrogens (tertiary/aromatic N) is 3. The van der Waals surface area contributed by atoms with Crippen LogP contribution in [-0.2, 0) is 14.8 Å². The molecule has 1 atom stereocenters. The number of nitro benzene ring substituents is 1. The predicted molar refractivity (Wildman–Crippen MR) is 108 cm³/mol. The van der Waals surface area contributed by atoms with Crippen LogP contribution in [0, 0.1) is 15.9 Å². The largest absolute Gasteiger partial charge is 0.322 e. The molecule has 30 heavy (non-hydrogen) atoms. The first kappa shape index (κ1) is 21.8. The molecule has 1 fully saturated rings. The van der Waals surface area contributed by atoms with E-state index in [0.717, 1.165) is 6.07 Å². The van der Waals surface area contributed by atoms with Crippen LogP contribution in [0.15, 0.2) is 53.4 Å². The number of benzene rings is 2. The maximum Gasteiger partial charge on any atom is 0.289 e. The lowest BCUT2D eigenvalue weighted by atomic mass is 10.2. The van der Waals surface area contributed by atoms with Crippen LogP contribution in [0.1, 0.15) is 6.92 Å². The molecule has 1 heterocycles. The summed E-state index contributed by atoms with van der Waals surface area (Å²) < 4.78 is 40.7. The molecule has 0 saturated carbocycles. The second-order valence-electron chi connectivity index (χ2n) is 6.81. The van der Waals surface area contributed by atoms with Crippen LogP contribution in [-0.4, -0.2) is 60.7 Å². The first-order valence-corrected chi connectivity index (χ1v) is 10.7. The van der Waals surface area contributed by atoms with E-state index in [0.29, 0.717) is 0 Å². The van der Waals surface area contributed by atoms with Crippen molar-refractivity contribution in [1.29, 1.82) is 0 Å². The Kier molecular flexibility index (Phi) is 6.44. The summed E-state index contributed by atoms with van der Waals surface area (Å²) in [5.41, 5.74) is -0.399. The van der Waals surface area contributed by atoms with Crippen LogP contribution in [0.5, 0.6) is 0 Å². The topological polar surface area (TPSA) is 113 Å². The predicted octanol–water partition coefficient (Wildman–Crippen LogP) is 2.07. The van der Waals surface area contributed by atoms with Gasteiger partial charge in [0.25, 0.3) is 5.69 Å². The lowest BCUT2D eigenvalue weighted by Gasteiger charge is -2.36. The molecule has 1 aliphatic rings. The Morgan fingerprint density at radius 3 is 2.33 bits per heavy atom. The monoisotopic (exact) mass is 436 g/mol. The molecule has 160 valence electrons. The number of halogens is 1. The minimum Gasteiger partial charge on any atom is -0.322 e. The molecule has 1 N–H and O–H groups in total. The van der Waals surface area contributed by atoms with Crippen molar-refractivity contribution in [3.8, 4) is 0 Å². The Bertz CT molecular complexity index is 1050. The first-order valence-electron chi connectivity index (χ1n) is 9.25. The average molecular weight is 436 g/mol. The van der Waals surface area contributed by atoms with Crippen molar-refractivity contribution in [3.63, 3.8) is 0 Å². The lowest BCUT2D eigenvalue weighted by molar-refractivity contribution is -0.387. The Morgan fingerprint density at radius 1 is 1.10 bits per heavy atom. The molecule has 3 rings (SSSR count). The summed E-state index contributed by atoms with van der Waals surface area (Å²) in [4.78, 5) is 24.3. The van der Waals surface area contributed by atoms with E-state index in [2.05, 4.69) is 5.32 Å². The number of nitrogens with one attached hydrogen (secondary N) is 1. The van der Waals surface area contributed by atoms with Gasteiger partial charge in [-0.15, -0.1) is 0 Å². The van der Waals surface area contributed by atoms with E-state index in [1.54, 1.807) is 17.9 Å². The number of piperazine rings is 1. The Hall–Kier alpha value is -2.89. The van der Waals surface area contributed by atoms with Crippen molar-refractivity contribution in [2.75, 3.05) is 31.5 Å². The number of anilines is 1. The lowest BCUT2D eigenvalue weighted by Crippen LogP contribution is -2.54. The van der Waals surface area contributed by atoms with Crippen LogP contribution in [0.2, 0.25) is 0 Å². The van der Waals surface area contributed by atoms with E-state index in [9.17, 15) is 27.7 Å². The van der Waals surface area contributed by atoms with Gasteiger partial charge in [-0.1, -0.05) is 24.3 Å². The number of hydrogen-bond donors (Lipinski definition) is 1. The molecule has 9 nitrogen and oxygen atoms in total. The molecule has 1 unspecified atom stereocenters. The van der Waals surface area contributed by atoms with Crippen LogP contribution in [0.3, 0.4) is 0 Å². The van der Waals surface area contributed by atoms with E-state index >= 15 is 0 Å². The van der Waals surface area contributed by atoms with Gasteiger partial charge in [0.2, 0.25) is 15.9 Å². The highest BCUT2D eigenvalue weighted by Crippen LogP contribution is 2.27. The van der Waals surface area contributed by atoms with E-state index in [1.807, 2.05) is 0 Å². The Morgan fingerprint density at radius 2 is 1.70 bits per heavy atom.